The Balaban J connectivity index is 1.15. The largest absolute Gasteiger partial charge is 0.455 e. The summed E-state index contributed by atoms with van der Waals surface area (Å²) in [5.74, 6) is 0. The van der Waals surface area contributed by atoms with Crippen molar-refractivity contribution < 1.29 is 4.42 Å². The lowest BCUT2D eigenvalue weighted by Crippen LogP contribution is -2.10. The van der Waals surface area contributed by atoms with E-state index in [1.165, 1.54) is 53.2 Å². The first-order chi connectivity index (χ1) is 27.3. The molecule has 11 rings (SSSR count). The van der Waals surface area contributed by atoms with Gasteiger partial charge in [0.2, 0.25) is 0 Å². The average Bonchev–Trinajstić information content (AvgIpc) is 3.84. The lowest BCUT2D eigenvalue weighted by atomic mass is 9.94. The van der Waals surface area contributed by atoms with Crippen LogP contribution in [0.3, 0.4) is 0 Å². The van der Waals surface area contributed by atoms with Crippen molar-refractivity contribution in [1.82, 2.24) is 0 Å². The van der Waals surface area contributed by atoms with Gasteiger partial charge in [0, 0.05) is 42.5 Å². The van der Waals surface area contributed by atoms with Crippen LogP contribution >= 0.6 is 11.3 Å². The Morgan fingerprint density at radius 1 is 0.382 bits per heavy atom. The Labute approximate surface area is 322 Å². The van der Waals surface area contributed by atoms with Crippen LogP contribution < -0.4 is 4.90 Å². The fourth-order valence-electron chi connectivity index (χ4n) is 8.24. The number of hydrogen-bond donors (Lipinski definition) is 0. The Bertz CT molecular complexity index is 3180. The number of hydrogen-bond acceptors (Lipinski definition) is 3. The van der Waals surface area contributed by atoms with E-state index in [1.807, 2.05) is 11.3 Å². The quantitative estimate of drug-likeness (QED) is 0.170. The lowest BCUT2D eigenvalue weighted by Gasteiger charge is -2.26. The van der Waals surface area contributed by atoms with Gasteiger partial charge in [0.05, 0.1) is 11.1 Å². The molecule has 11 aromatic rings. The van der Waals surface area contributed by atoms with Crippen molar-refractivity contribution in [2.75, 3.05) is 4.90 Å². The van der Waals surface area contributed by atoms with Crippen molar-refractivity contribution in [2.45, 2.75) is 0 Å². The Hall–Kier alpha value is -6.94. The average molecular weight is 720 g/mol. The van der Waals surface area contributed by atoms with Crippen LogP contribution in [0.15, 0.2) is 205 Å². The zero-order chi connectivity index (χ0) is 36.3. The van der Waals surface area contributed by atoms with Crippen LogP contribution in [-0.4, -0.2) is 0 Å². The zero-order valence-corrected chi connectivity index (χ0v) is 30.6. The third-order valence-corrected chi connectivity index (χ3v) is 12.0. The number of nitrogens with zero attached hydrogens (tertiary/aromatic N) is 1. The minimum absolute atomic E-state index is 0.861. The summed E-state index contributed by atoms with van der Waals surface area (Å²) < 4.78 is 9.55. The van der Waals surface area contributed by atoms with Gasteiger partial charge in [-0.2, -0.15) is 0 Å². The molecule has 2 aromatic heterocycles. The topological polar surface area (TPSA) is 16.4 Å². The smallest absolute Gasteiger partial charge is 0.143 e. The van der Waals surface area contributed by atoms with Gasteiger partial charge < -0.3 is 9.32 Å². The molecule has 0 unspecified atom stereocenters. The lowest BCUT2D eigenvalue weighted by molar-refractivity contribution is 0.670. The van der Waals surface area contributed by atoms with Gasteiger partial charge in [-0.25, -0.2) is 0 Å². The maximum absolute atomic E-state index is 6.99. The molecule has 0 spiro atoms. The highest BCUT2D eigenvalue weighted by atomic mass is 32.1. The third-order valence-electron chi connectivity index (χ3n) is 10.9. The van der Waals surface area contributed by atoms with Crippen LogP contribution in [0, 0.1) is 0 Å². The van der Waals surface area contributed by atoms with Gasteiger partial charge in [-0.1, -0.05) is 152 Å². The molecule has 0 N–H and O–H groups in total. The van der Waals surface area contributed by atoms with E-state index in [2.05, 4.69) is 205 Å². The van der Waals surface area contributed by atoms with E-state index in [9.17, 15) is 0 Å². The highest BCUT2D eigenvalue weighted by Gasteiger charge is 2.23. The fourth-order valence-corrected chi connectivity index (χ4v) is 9.38. The van der Waals surface area contributed by atoms with Crippen LogP contribution in [0.25, 0.3) is 86.3 Å². The number of furan rings is 1. The summed E-state index contributed by atoms with van der Waals surface area (Å²) in [4.78, 5) is 2.41. The summed E-state index contributed by atoms with van der Waals surface area (Å²) in [6.07, 6.45) is 0. The van der Waals surface area contributed by atoms with E-state index < -0.39 is 0 Å². The summed E-state index contributed by atoms with van der Waals surface area (Å²) in [7, 11) is 0. The molecule has 0 aliphatic rings. The van der Waals surface area contributed by atoms with Gasteiger partial charge in [0.15, 0.2) is 0 Å². The molecular weight excluding hydrogens is 687 g/mol. The first-order valence-corrected chi connectivity index (χ1v) is 19.5. The van der Waals surface area contributed by atoms with Crippen molar-refractivity contribution in [3.8, 4) is 33.4 Å². The predicted molar refractivity (Wildman–Crippen MR) is 235 cm³/mol. The van der Waals surface area contributed by atoms with E-state index in [0.29, 0.717) is 0 Å². The highest BCUT2D eigenvalue weighted by molar-refractivity contribution is 7.25. The molecule has 0 aliphatic heterocycles. The molecule has 3 heteroatoms. The predicted octanol–water partition coefficient (Wildman–Crippen LogP) is 15.6. The molecule has 2 nitrogen and oxygen atoms in total. The maximum atomic E-state index is 6.99. The highest BCUT2D eigenvalue weighted by Crippen LogP contribution is 2.48. The van der Waals surface area contributed by atoms with Crippen molar-refractivity contribution in [3.05, 3.63) is 200 Å². The Morgan fingerprint density at radius 3 is 1.71 bits per heavy atom. The molecule has 9 aromatic carbocycles. The third kappa shape index (κ3) is 5.32. The molecule has 0 saturated heterocycles. The van der Waals surface area contributed by atoms with Crippen molar-refractivity contribution in [1.29, 1.82) is 0 Å². The summed E-state index contributed by atoms with van der Waals surface area (Å²) >= 11 is 1.85. The molecule has 0 atom stereocenters. The monoisotopic (exact) mass is 719 g/mol. The van der Waals surface area contributed by atoms with Crippen LogP contribution in [0.1, 0.15) is 0 Å². The summed E-state index contributed by atoms with van der Waals surface area (Å²) in [5, 5.41) is 7.16. The number of thiophene rings is 1. The second-order valence-electron chi connectivity index (χ2n) is 14.1. The molecule has 258 valence electrons. The summed E-state index contributed by atoms with van der Waals surface area (Å²) in [6.45, 7) is 0. The first kappa shape index (κ1) is 31.6. The molecule has 0 amide bonds. The van der Waals surface area contributed by atoms with Gasteiger partial charge in [-0.3, -0.25) is 0 Å². The standard InChI is InChI=1S/C52H33NOS/c1-3-12-34(13-4-1)36-22-24-38(25-23-36)45-32-39-16-7-8-17-42(39)50-51-46(19-11-20-47(51)54-52(45)50)53(40-28-26-37(27-29-40)35-14-5-2-6-15-35)41-30-31-44-43-18-9-10-21-48(43)55-49(44)33-41/h1-33H. The van der Waals surface area contributed by atoms with Crippen molar-refractivity contribution >= 4 is 81.3 Å². The minimum atomic E-state index is 0.861. The normalized spacial score (nSPS) is 11.6. The first-order valence-electron chi connectivity index (χ1n) is 18.7. The van der Waals surface area contributed by atoms with Gasteiger partial charge in [-0.05, 0) is 87.1 Å². The second-order valence-corrected chi connectivity index (χ2v) is 15.2. The second kappa shape index (κ2) is 12.9. The van der Waals surface area contributed by atoms with Gasteiger partial charge >= 0.3 is 0 Å². The molecule has 0 bridgehead atoms. The minimum Gasteiger partial charge on any atom is -0.455 e. The summed E-state index contributed by atoms with van der Waals surface area (Å²) in [6, 6.07) is 72.0. The van der Waals surface area contributed by atoms with E-state index in [0.717, 1.165) is 50.1 Å². The van der Waals surface area contributed by atoms with E-state index >= 15 is 0 Å². The number of anilines is 3. The van der Waals surface area contributed by atoms with E-state index in [1.54, 1.807) is 0 Å². The van der Waals surface area contributed by atoms with Gasteiger partial charge in [0.1, 0.15) is 11.2 Å². The molecule has 0 saturated carbocycles. The van der Waals surface area contributed by atoms with Crippen molar-refractivity contribution in [2.24, 2.45) is 0 Å². The molecule has 55 heavy (non-hydrogen) atoms. The van der Waals surface area contributed by atoms with Crippen LogP contribution in [-0.2, 0) is 0 Å². The van der Waals surface area contributed by atoms with Gasteiger partial charge in [0.25, 0.3) is 0 Å². The van der Waals surface area contributed by atoms with Crippen LogP contribution in [0.5, 0.6) is 0 Å². The van der Waals surface area contributed by atoms with E-state index in [-0.39, 0.29) is 0 Å². The summed E-state index contributed by atoms with van der Waals surface area (Å²) in [5.41, 5.74) is 12.0. The number of rotatable bonds is 6. The Kier molecular flexibility index (Phi) is 7.39. The number of fused-ring (bicyclic) bond motifs is 8. The molecule has 2 heterocycles. The number of benzene rings is 9. The fraction of sp³-hybridized carbons (Fsp3) is 0. The maximum Gasteiger partial charge on any atom is 0.143 e. The SMILES string of the molecule is c1ccc(-c2ccc(-c3cc4ccccc4c4c3oc3cccc(N(c5ccc(-c6ccccc6)cc5)c5ccc6c(c5)sc5ccccc56)c34)cc2)cc1. The molecular formula is C52H33NOS. The van der Waals surface area contributed by atoms with Crippen molar-refractivity contribution in [3.63, 3.8) is 0 Å². The van der Waals surface area contributed by atoms with Crippen LogP contribution in [0.2, 0.25) is 0 Å². The Morgan fingerprint density at radius 2 is 0.964 bits per heavy atom. The van der Waals surface area contributed by atoms with Gasteiger partial charge in [-0.15, -0.1) is 11.3 Å². The molecule has 0 radical (unpaired) electrons. The zero-order valence-electron chi connectivity index (χ0n) is 29.8. The van der Waals surface area contributed by atoms with E-state index in [4.69, 9.17) is 4.42 Å². The molecule has 0 aliphatic carbocycles. The molecule has 0 fully saturated rings. The van der Waals surface area contributed by atoms with Crippen LogP contribution in [0.4, 0.5) is 17.1 Å².